The highest BCUT2D eigenvalue weighted by Gasteiger charge is 2.28. The molecule has 1 fully saturated rings. The van der Waals surface area contributed by atoms with Crippen molar-refractivity contribution >= 4 is 44.3 Å². The lowest BCUT2D eigenvalue weighted by Crippen LogP contribution is -1.98. The molecule has 0 atom stereocenters. The maximum absolute atomic E-state index is 6.02. The summed E-state index contributed by atoms with van der Waals surface area (Å²) in [6.45, 7) is 0. The molecule has 0 radical (unpaired) electrons. The summed E-state index contributed by atoms with van der Waals surface area (Å²) >= 11 is 9.53. The average molecular weight is 363 g/mol. The number of nitrogens with two attached hydrogens (primary N) is 1. The van der Waals surface area contributed by atoms with Crippen LogP contribution in [0.25, 0.3) is 22.4 Å². The number of fused-ring (bicyclic) bond motifs is 1. The summed E-state index contributed by atoms with van der Waals surface area (Å²) in [4.78, 5) is 4.81. The number of imidazole rings is 1. The second-order valence-electron chi connectivity index (χ2n) is 5.41. The molecule has 0 amide bonds. The van der Waals surface area contributed by atoms with E-state index >= 15 is 0 Å². The van der Waals surface area contributed by atoms with Crippen molar-refractivity contribution in [2.75, 3.05) is 5.73 Å². The van der Waals surface area contributed by atoms with Gasteiger partial charge in [0.1, 0.15) is 5.82 Å². The van der Waals surface area contributed by atoms with Crippen molar-refractivity contribution in [2.24, 2.45) is 0 Å². The number of hydrogen-bond acceptors (Lipinski definition) is 2. The lowest BCUT2D eigenvalue weighted by Gasteiger charge is -2.08. The van der Waals surface area contributed by atoms with E-state index in [9.17, 15) is 0 Å². The van der Waals surface area contributed by atoms with Gasteiger partial charge >= 0.3 is 0 Å². The fourth-order valence-electron chi connectivity index (χ4n) is 2.66. The van der Waals surface area contributed by atoms with Crippen LogP contribution in [-0.4, -0.2) is 9.55 Å². The number of halogens is 2. The van der Waals surface area contributed by atoms with Crippen LogP contribution in [0.5, 0.6) is 0 Å². The number of nitrogens with zero attached hydrogens (tertiary/aromatic N) is 2. The van der Waals surface area contributed by atoms with Gasteiger partial charge < -0.3 is 10.3 Å². The van der Waals surface area contributed by atoms with Crippen LogP contribution in [0.2, 0.25) is 5.02 Å². The highest BCUT2D eigenvalue weighted by molar-refractivity contribution is 9.10. The van der Waals surface area contributed by atoms with Gasteiger partial charge in [-0.3, -0.25) is 0 Å². The van der Waals surface area contributed by atoms with Crippen LogP contribution in [0, 0.1) is 0 Å². The van der Waals surface area contributed by atoms with E-state index in [0.717, 1.165) is 21.4 Å². The first-order valence-electron chi connectivity index (χ1n) is 6.86. The van der Waals surface area contributed by atoms with E-state index in [1.54, 1.807) is 0 Å². The average Bonchev–Trinajstić information content (AvgIpc) is 3.22. The molecule has 1 aliphatic carbocycles. The van der Waals surface area contributed by atoms with E-state index in [0.29, 0.717) is 16.8 Å². The Morgan fingerprint density at radius 1 is 1.19 bits per heavy atom. The normalized spacial score (nSPS) is 14.8. The molecule has 5 heteroatoms. The van der Waals surface area contributed by atoms with Crippen molar-refractivity contribution in [2.45, 2.75) is 18.9 Å². The highest BCUT2D eigenvalue weighted by Crippen LogP contribution is 2.42. The molecule has 106 valence electrons. The summed E-state index contributed by atoms with van der Waals surface area (Å²) in [6.07, 6.45) is 2.41. The number of anilines is 1. The molecule has 1 aromatic heterocycles. The van der Waals surface area contributed by atoms with Crippen LogP contribution in [-0.2, 0) is 0 Å². The lowest BCUT2D eigenvalue weighted by atomic mass is 10.2. The molecule has 0 saturated heterocycles. The molecule has 1 aliphatic rings. The van der Waals surface area contributed by atoms with Crippen LogP contribution < -0.4 is 5.73 Å². The lowest BCUT2D eigenvalue weighted by molar-refractivity contribution is 0.775. The minimum Gasteiger partial charge on any atom is -0.398 e. The first kappa shape index (κ1) is 13.2. The SMILES string of the molecule is Nc1cc(-c2nc3cc(Br)ccc3n2C2CC2)ccc1Cl. The first-order valence-corrected chi connectivity index (χ1v) is 8.03. The van der Waals surface area contributed by atoms with Gasteiger partial charge in [0.05, 0.1) is 21.7 Å². The van der Waals surface area contributed by atoms with E-state index in [2.05, 4.69) is 38.7 Å². The second kappa shape index (κ2) is 4.75. The Bertz CT molecular complexity index is 852. The Labute approximate surface area is 135 Å². The molecule has 1 saturated carbocycles. The molecular formula is C16H13BrClN3. The molecular weight excluding hydrogens is 350 g/mol. The smallest absolute Gasteiger partial charge is 0.141 e. The van der Waals surface area contributed by atoms with E-state index in [1.807, 2.05) is 18.2 Å². The Morgan fingerprint density at radius 2 is 2.00 bits per heavy atom. The van der Waals surface area contributed by atoms with Gasteiger partial charge in [0.15, 0.2) is 0 Å². The van der Waals surface area contributed by atoms with Gasteiger partial charge in [0.2, 0.25) is 0 Å². The highest BCUT2D eigenvalue weighted by atomic mass is 79.9. The van der Waals surface area contributed by atoms with E-state index < -0.39 is 0 Å². The molecule has 0 unspecified atom stereocenters. The molecule has 0 aliphatic heterocycles. The van der Waals surface area contributed by atoms with Crippen molar-refractivity contribution in [1.82, 2.24) is 9.55 Å². The quantitative estimate of drug-likeness (QED) is 0.649. The fourth-order valence-corrected chi connectivity index (χ4v) is 3.13. The zero-order chi connectivity index (χ0) is 14.6. The number of benzene rings is 2. The first-order chi connectivity index (χ1) is 10.1. The van der Waals surface area contributed by atoms with Gasteiger partial charge in [0, 0.05) is 16.1 Å². The largest absolute Gasteiger partial charge is 0.398 e. The summed E-state index contributed by atoms with van der Waals surface area (Å²) in [5.41, 5.74) is 9.71. The second-order valence-corrected chi connectivity index (χ2v) is 6.73. The Balaban J connectivity index is 1.98. The third-order valence-corrected chi connectivity index (χ3v) is 4.66. The Morgan fingerprint density at radius 3 is 2.71 bits per heavy atom. The Hall–Kier alpha value is -1.52. The van der Waals surface area contributed by atoms with Crippen molar-refractivity contribution in [3.05, 3.63) is 45.9 Å². The van der Waals surface area contributed by atoms with Crippen LogP contribution in [0.15, 0.2) is 40.9 Å². The van der Waals surface area contributed by atoms with Gasteiger partial charge in [-0.2, -0.15) is 0 Å². The zero-order valence-corrected chi connectivity index (χ0v) is 13.5. The minimum atomic E-state index is 0.545. The molecule has 0 spiro atoms. The van der Waals surface area contributed by atoms with Gasteiger partial charge in [-0.05, 0) is 49.2 Å². The number of hydrogen-bond donors (Lipinski definition) is 1. The van der Waals surface area contributed by atoms with Gasteiger partial charge in [0.25, 0.3) is 0 Å². The monoisotopic (exact) mass is 361 g/mol. The Kier molecular flexibility index (Phi) is 2.98. The molecule has 3 nitrogen and oxygen atoms in total. The third kappa shape index (κ3) is 2.23. The molecule has 0 bridgehead atoms. The summed E-state index contributed by atoms with van der Waals surface area (Å²) in [5, 5.41) is 0.579. The molecule has 4 rings (SSSR count). The number of rotatable bonds is 2. The number of nitrogen functional groups attached to an aromatic ring is 1. The topological polar surface area (TPSA) is 43.8 Å². The van der Waals surface area contributed by atoms with E-state index in [1.165, 1.54) is 18.4 Å². The molecule has 2 aromatic carbocycles. The van der Waals surface area contributed by atoms with Crippen molar-refractivity contribution in [3.8, 4) is 11.4 Å². The van der Waals surface area contributed by atoms with Crippen LogP contribution in [0.3, 0.4) is 0 Å². The minimum absolute atomic E-state index is 0.545. The molecule has 1 heterocycles. The third-order valence-electron chi connectivity index (χ3n) is 3.82. The summed E-state index contributed by atoms with van der Waals surface area (Å²) in [5.74, 6) is 0.967. The fraction of sp³-hybridized carbons (Fsp3) is 0.188. The zero-order valence-electron chi connectivity index (χ0n) is 11.2. The van der Waals surface area contributed by atoms with Crippen molar-refractivity contribution < 1.29 is 0 Å². The molecule has 2 N–H and O–H groups in total. The van der Waals surface area contributed by atoms with Crippen LogP contribution >= 0.6 is 27.5 Å². The summed E-state index contributed by atoms with van der Waals surface area (Å²) in [7, 11) is 0. The maximum Gasteiger partial charge on any atom is 0.141 e. The van der Waals surface area contributed by atoms with Crippen molar-refractivity contribution in [1.29, 1.82) is 0 Å². The van der Waals surface area contributed by atoms with E-state index in [4.69, 9.17) is 22.3 Å². The van der Waals surface area contributed by atoms with Crippen LogP contribution in [0.1, 0.15) is 18.9 Å². The molecule has 21 heavy (non-hydrogen) atoms. The van der Waals surface area contributed by atoms with Gasteiger partial charge in [-0.15, -0.1) is 0 Å². The predicted octanol–water partition coefficient (Wildman–Crippen LogP) is 5.04. The van der Waals surface area contributed by atoms with E-state index in [-0.39, 0.29) is 0 Å². The number of aromatic nitrogens is 2. The standard InChI is InChI=1S/C16H13BrClN3/c17-10-2-6-15-14(8-10)20-16(21(15)11-3-4-11)9-1-5-12(18)13(19)7-9/h1-2,5-8,11H,3-4,19H2. The molecule has 3 aromatic rings. The summed E-state index contributed by atoms with van der Waals surface area (Å²) in [6, 6.07) is 12.5. The maximum atomic E-state index is 6.02. The summed E-state index contributed by atoms with van der Waals surface area (Å²) < 4.78 is 3.36. The van der Waals surface area contributed by atoms with Crippen molar-refractivity contribution in [3.63, 3.8) is 0 Å². The van der Waals surface area contributed by atoms with Gasteiger partial charge in [-0.1, -0.05) is 27.5 Å². The van der Waals surface area contributed by atoms with Gasteiger partial charge in [-0.25, -0.2) is 4.98 Å². The van der Waals surface area contributed by atoms with Crippen LogP contribution in [0.4, 0.5) is 5.69 Å². The predicted molar refractivity (Wildman–Crippen MR) is 90.6 cm³/mol.